The number of rotatable bonds is 9. The molecule has 2 unspecified atom stereocenters. The number of aromatic amines is 1. The van der Waals surface area contributed by atoms with E-state index in [1.807, 2.05) is 30.3 Å². The van der Waals surface area contributed by atoms with Gasteiger partial charge < -0.3 is 30.0 Å². The van der Waals surface area contributed by atoms with Crippen LogP contribution >= 0.6 is 0 Å². The number of nitrogens with zero attached hydrogens (tertiary/aromatic N) is 5. The Hall–Kier alpha value is -3.97. The molecule has 1 aromatic carbocycles. The van der Waals surface area contributed by atoms with Crippen molar-refractivity contribution < 1.29 is 28.9 Å². The van der Waals surface area contributed by atoms with E-state index in [-0.39, 0.29) is 18.7 Å². The van der Waals surface area contributed by atoms with Crippen molar-refractivity contribution in [2.45, 2.75) is 36.9 Å². The highest BCUT2D eigenvalue weighted by Gasteiger charge is 2.56. The lowest BCUT2D eigenvalue weighted by Gasteiger charge is -2.23. The number of aromatic nitrogens is 3. The first-order valence-electron chi connectivity index (χ1n) is 10.1. The van der Waals surface area contributed by atoms with Crippen LogP contribution in [0.2, 0.25) is 0 Å². The molecule has 13 nitrogen and oxygen atoms in total. The Morgan fingerprint density at radius 3 is 2.94 bits per heavy atom. The molecular weight excluding hydrogens is 453 g/mol. The summed E-state index contributed by atoms with van der Waals surface area (Å²) in [5, 5.41) is 26.5. The first-order valence-corrected chi connectivity index (χ1v) is 10.1. The van der Waals surface area contributed by atoms with Crippen LogP contribution in [-0.2, 0) is 20.7 Å². The lowest BCUT2D eigenvalue weighted by molar-refractivity contribution is -0.132. The second kappa shape index (κ2) is 9.49. The van der Waals surface area contributed by atoms with Gasteiger partial charge in [0.25, 0.3) is 6.47 Å². The zero-order valence-corrected chi connectivity index (χ0v) is 17.5. The quantitative estimate of drug-likeness (QED) is 0.117. The maximum atomic E-state index is 14.7. The molecule has 14 heteroatoms. The molecule has 0 aliphatic carbocycles. The third kappa shape index (κ3) is 4.30. The first kappa shape index (κ1) is 23.2. The molecular formula is C20H20FN7O6. The molecule has 1 saturated heterocycles. The third-order valence-electron chi connectivity index (χ3n) is 5.43. The smallest absolute Gasteiger partial charge is 0.351 e. The number of H-pyrrole nitrogens is 1. The number of aliphatic hydroxyl groups excluding tert-OH is 2. The van der Waals surface area contributed by atoms with E-state index in [0.29, 0.717) is 0 Å². The van der Waals surface area contributed by atoms with Crippen LogP contribution in [0.4, 0.5) is 10.2 Å². The van der Waals surface area contributed by atoms with E-state index in [9.17, 15) is 24.2 Å². The number of halogens is 1. The number of benzene rings is 1. The fourth-order valence-corrected chi connectivity index (χ4v) is 3.77. The number of aliphatic hydroxyl groups is 2. The van der Waals surface area contributed by atoms with Crippen molar-refractivity contribution in [1.29, 1.82) is 0 Å². The molecule has 4 N–H and O–H groups in total. The monoisotopic (exact) mass is 473 g/mol. The van der Waals surface area contributed by atoms with Crippen molar-refractivity contribution in [2.24, 2.45) is 5.11 Å². The number of carbonyl (C=O) groups excluding carboxylic acids is 1. The topological polar surface area (TPSA) is 187 Å². The zero-order valence-electron chi connectivity index (χ0n) is 17.5. The van der Waals surface area contributed by atoms with Crippen molar-refractivity contribution in [1.82, 2.24) is 14.5 Å². The molecule has 34 heavy (non-hydrogen) atoms. The number of fused-ring (bicyclic) bond motifs is 1. The number of azide groups is 1. The summed E-state index contributed by atoms with van der Waals surface area (Å²) in [4.78, 5) is 33.0. The molecule has 0 bridgehead atoms. The highest BCUT2D eigenvalue weighted by atomic mass is 19.1. The van der Waals surface area contributed by atoms with Crippen LogP contribution in [0.3, 0.4) is 0 Å². The first-order chi connectivity index (χ1) is 16.4. The van der Waals surface area contributed by atoms with Crippen molar-refractivity contribution in [3.63, 3.8) is 0 Å². The van der Waals surface area contributed by atoms with Crippen molar-refractivity contribution >= 4 is 23.2 Å². The summed E-state index contributed by atoms with van der Waals surface area (Å²) in [6.45, 7) is -0.747. The van der Waals surface area contributed by atoms with Crippen LogP contribution in [0, 0.1) is 0 Å². The van der Waals surface area contributed by atoms with E-state index in [1.54, 1.807) is 0 Å². The Balaban J connectivity index is 1.53. The minimum absolute atomic E-state index is 0.0293. The van der Waals surface area contributed by atoms with Crippen LogP contribution in [-0.4, -0.2) is 62.1 Å². The van der Waals surface area contributed by atoms with Gasteiger partial charge in [-0.2, -0.15) is 4.98 Å². The average molecular weight is 473 g/mol. The lowest BCUT2D eigenvalue weighted by Crippen LogP contribution is -2.43. The Kier molecular flexibility index (Phi) is 6.47. The van der Waals surface area contributed by atoms with Gasteiger partial charge in [0, 0.05) is 28.7 Å². The predicted molar refractivity (Wildman–Crippen MR) is 115 cm³/mol. The molecule has 1 aliphatic heterocycles. The van der Waals surface area contributed by atoms with Crippen molar-refractivity contribution in [3.05, 3.63) is 69.2 Å². The summed E-state index contributed by atoms with van der Waals surface area (Å²) in [6, 6.07) is 10.8. The Morgan fingerprint density at radius 2 is 2.26 bits per heavy atom. The average Bonchev–Trinajstić information content (AvgIpc) is 3.34. The van der Waals surface area contributed by atoms with Crippen molar-refractivity contribution in [2.75, 3.05) is 11.9 Å². The minimum atomic E-state index is -2.28. The summed E-state index contributed by atoms with van der Waals surface area (Å²) in [7, 11) is 0. The van der Waals surface area contributed by atoms with E-state index < -0.39 is 42.8 Å². The molecule has 3 heterocycles. The molecule has 178 valence electrons. The Morgan fingerprint density at radius 1 is 1.47 bits per heavy atom. The Labute approximate surface area is 190 Å². The van der Waals surface area contributed by atoms with E-state index in [4.69, 9.17) is 15.0 Å². The molecule has 1 fully saturated rings. The highest BCUT2D eigenvalue weighted by molar-refractivity contribution is 5.80. The SMILES string of the molecule is [N-]=[N+]=N[C@]1(CO)OC(n2ccc(N[C@@H](Cc3cc4ccccc4[nH]3)OC=O)nc2=O)[C@@H](F)C1O. The summed E-state index contributed by atoms with van der Waals surface area (Å²) < 4.78 is 25.7. The van der Waals surface area contributed by atoms with Gasteiger partial charge in [-0.1, -0.05) is 23.3 Å². The number of anilines is 1. The second-order valence-corrected chi connectivity index (χ2v) is 7.54. The summed E-state index contributed by atoms with van der Waals surface area (Å²) >= 11 is 0. The normalized spacial score (nSPS) is 25.0. The number of hydrogen-bond acceptors (Lipinski definition) is 9. The van der Waals surface area contributed by atoms with Gasteiger partial charge in [-0.05, 0) is 29.1 Å². The van der Waals surface area contributed by atoms with Crippen molar-refractivity contribution in [3.8, 4) is 0 Å². The zero-order chi connectivity index (χ0) is 24.3. The number of para-hydroxylation sites is 1. The number of hydrogen-bond donors (Lipinski definition) is 4. The molecule has 0 spiro atoms. The third-order valence-corrected chi connectivity index (χ3v) is 5.43. The number of alkyl halides is 1. The molecule has 1 aliphatic rings. The van der Waals surface area contributed by atoms with Gasteiger partial charge in [0.05, 0.1) is 6.61 Å². The summed E-state index contributed by atoms with van der Waals surface area (Å²) in [5.41, 5.74) is 7.08. The van der Waals surface area contributed by atoms with E-state index in [2.05, 4.69) is 25.3 Å². The predicted octanol–water partition coefficient (Wildman–Crippen LogP) is 1.10. The molecule has 5 atom stereocenters. The van der Waals surface area contributed by atoms with E-state index in [0.717, 1.165) is 27.4 Å². The van der Waals surface area contributed by atoms with E-state index >= 15 is 0 Å². The second-order valence-electron chi connectivity index (χ2n) is 7.54. The van der Waals surface area contributed by atoms with Gasteiger partial charge in [0.1, 0.15) is 11.9 Å². The number of ether oxygens (including phenoxy) is 2. The Bertz CT molecular complexity index is 1260. The highest BCUT2D eigenvalue weighted by Crippen LogP contribution is 2.39. The molecule has 0 saturated carbocycles. The fraction of sp³-hybridized carbons (Fsp3) is 0.350. The van der Waals surface area contributed by atoms with Gasteiger partial charge >= 0.3 is 5.69 Å². The van der Waals surface area contributed by atoms with Gasteiger partial charge in [-0.25, -0.2) is 9.18 Å². The lowest BCUT2D eigenvalue weighted by atomic mass is 10.1. The molecule has 0 radical (unpaired) electrons. The van der Waals surface area contributed by atoms with Crippen LogP contribution < -0.4 is 11.0 Å². The minimum Gasteiger partial charge on any atom is -0.444 e. The summed E-state index contributed by atoms with van der Waals surface area (Å²) in [5.74, 6) is 0.0293. The van der Waals surface area contributed by atoms with Crippen LogP contribution in [0.1, 0.15) is 11.9 Å². The molecule has 0 amide bonds. The van der Waals surface area contributed by atoms with Gasteiger partial charge in [0.2, 0.25) is 5.72 Å². The maximum Gasteiger partial charge on any atom is 0.351 e. The molecule has 3 aromatic rings. The van der Waals surface area contributed by atoms with Crippen LogP contribution in [0.25, 0.3) is 21.3 Å². The molecule has 2 aromatic heterocycles. The van der Waals surface area contributed by atoms with Gasteiger partial charge in [-0.3, -0.25) is 9.36 Å². The van der Waals surface area contributed by atoms with Crippen LogP contribution in [0.15, 0.2) is 52.5 Å². The number of carbonyl (C=O) groups is 1. The standard InChI is InChI=1S/C20H20FN7O6/c21-16-17(31)20(9-29,26-27-22)34-18(16)28-6-5-14(25-19(28)32)24-15(33-10-30)8-12-7-11-3-1-2-4-13(11)23-12/h1-7,10,15-18,23,29,31H,8-9H2,(H,24,25,32)/t15-,16+,17?,18?,20-/m1/s1. The molecule has 4 rings (SSSR count). The van der Waals surface area contributed by atoms with Crippen LogP contribution in [0.5, 0.6) is 0 Å². The fourth-order valence-electron chi connectivity index (χ4n) is 3.77. The summed E-state index contributed by atoms with van der Waals surface area (Å²) in [6.07, 6.45) is -5.40. The van der Waals surface area contributed by atoms with Gasteiger partial charge in [0.15, 0.2) is 18.6 Å². The largest absolute Gasteiger partial charge is 0.444 e. The van der Waals surface area contributed by atoms with E-state index in [1.165, 1.54) is 6.07 Å². The number of nitrogens with one attached hydrogen (secondary N) is 2. The maximum absolute atomic E-state index is 14.7. The van der Waals surface area contributed by atoms with Gasteiger partial charge in [-0.15, -0.1) is 0 Å².